The molecule has 0 saturated carbocycles. The second-order valence-electron chi connectivity index (χ2n) is 12.0. The van der Waals surface area contributed by atoms with Crippen molar-refractivity contribution in [2.75, 3.05) is 20.3 Å². The van der Waals surface area contributed by atoms with Gasteiger partial charge in [0.05, 0.1) is 24.5 Å². The van der Waals surface area contributed by atoms with E-state index >= 15 is 0 Å². The molecule has 43 heavy (non-hydrogen) atoms. The highest BCUT2D eigenvalue weighted by Gasteiger charge is 2.57. The van der Waals surface area contributed by atoms with Gasteiger partial charge in [-0.25, -0.2) is 0 Å². The Labute approximate surface area is 252 Å². The topological polar surface area (TPSA) is 134 Å². The van der Waals surface area contributed by atoms with Gasteiger partial charge < -0.3 is 24.6 Å². The molecule has 2 aliphatic heterocycles. The van der Waals surface area contributed by atoms with Gasteiger partial charge in [-0.15, -0.1) is 0 Å². The standard InChI is InChI=1S/C33H40BNO8/c1-20(16-21-12-13-27(36)24-9-6-5-8-23(21)24)11-14-28-30-22(19-42-2)17-25-31(26(30)18-34(41)43-28)33(40)35(32(25)39)15-7-3-4-10-29(37)38/h5-6,8-9,12-13,16,25-26,28,31,36,41H,3-4,7,10-11,14-15,17-19H2,1-2H3,(H,37,38)/b20-16+/t25-,26+,28-,31-/m1/s1. The number of rotatable bonds is 12. The molecule has 10 heteroatoms. The molecular formula is C33H40BNO8. The number of amides is 2. The maximum atomic E-state index is 13.7. The lowest BCUT2D eigenvalue weighted by Gasteiger charge is -2.43. The predicted octanol–water partition coefficient (Wildman–Crippen LogP) is 4.82. The van der Waals surface area contributed by atoms with Gasteiger partial charge in [-0.1, -0.05) is 48.4 Å². The zero-order valence-corrected chi connectivity index (χ0v) is 24.8. The lowest BCUT2D eigenvalue weighted by molar-refractivity contribution is -0.141. The van der Waals surface area contributed by atoms with Gasteiger partial charge in [0.1, 0.15) is 5.75 Å². The minimum Gasteiger partial charge on any atom is -0.507 e. The van der Waals surface area contributed by atoms with E-state index in [9.17, 15) is 24.5 Å². The molecule has 2 aromatic rings. The van der Waals surface area contributed by atoms with Crippen molar-refractivity contribution in [1.29, 1.82) is 0 Å². The minimum atomic E-state index is -1.04. The van der Waals surface area contributed by atoms with E-state index in [1.807, 2.05) is 37.3 Å². The molecular weight excluding hydrogens is 549 g/mol. The smallest absolute Gasteiger partial charge is 0.455 e. The first-order chi connectivity index (χ1) is 20.7. The molecule has 1 aliphatic carbocycles. The number of benzene rings is 2. The molecule has 228 valence electrons. The highest BCUT2D eigenvalue weighted by Crippen LogP contribution is 2.50. The molecule has 0 radical (unpaired) electrons. The number of phenolic OH excluding ortho intramolecular Hbond substituents is 1. The zero-order valence-electron chi connectivity index (χ0n) is 24.8. The van der Waals surface area contributed by atoms with Crippen LogP contribution in [0.3, 0.4) is 0 Å². The Kier molecular flexibility index (Phi) is 9.69. The molecule has 0 bridgehead atoms. The van der Waals surface area contributed by atoms with Crippen LogP contribution >= 0.6 is 0 Å². The number of imide groups is 1. The second-order valence-corrected chi connectivity index (χ2v) is 12.0. The molecule has 4 atom stereocenters. The fourth-order valence-electron chi connectivity index (χ4n) is 7.21. The van der Waals surface area contributed by atoms with E-state index in [0.717, 1.165) is 33.1 Å². The summed E-state index contributed by atoms with van der Waals surface area (Å²) in [6.07, 6.45) is 5.43. The molecule has 2 amide bonds. The Balaban J connectivity index is 1.34. The number of carboxylic acid groups (broad SMARTS) is 1. The van der Waals surface area contributed by atoms with Crippen LogP contribution in [-0.4, -0.2) is 71.4 Å². The Hall–Kier alpha value is -3.47. The van der Waals surface area contributed by atoms with Gasteiger partial charge in [-0.05, 0) is 79.4 Å². The Morgan fingerprint density at radius 2 is 1.84 bits per heavy atom. The lowest BCUT2D eigenvalue weighted by Crippen LogP contribution is -2.46. The molecule has 3 N–H and O–H groups in total. The molecule has 2 heterocycles. The summed E-state index contributed by atoms with van der Waals surface area (Å²) in [6.45, 7) is 2.66. The van der Waals surface area contributed by atoms with Crippen molar-refractivity contribution < 1.29 is 39.0 Å². The van der Waals surface area contributed by atoms with Crippen LogP contribution in [0.25, 0.3) is 16.8 Å². The van der Waals surface area contributed by atoms with Gasteiger partial charge in [0.25, 0.3) is 0 Å². The highest BCUT2D eigenvalue weighted by atomic mass is 16.5. The number of ether oxygens (including phenoxy) is 1. The van der Waals surface area contributed by atoms with Gasteiger partial charge in [0, 0.05) is 25.5 Å². The van der Waals surface area contributed by atoms with Crippen LogP contribution in [-0.2, 0) is 23.8 Å². The molecule has 9 nitrogen and oxygen atoms in total. The average molecular weight is 589 g/mol. The molecule has 2 aromatic carbocycles. The van der Waals surface area contributed by atoms with Gasteiger partial charge in [0.15, 0.2) is 0 Å². The Morgan fingerprint density at radius 3 is 2.58 bits per heavy atom. The van der Waals surface area contributed by atoms with Crippen molar-refractivity contribution in [2.45, 2.75) is 64.3 Å². The van der Waals surface area contributed by atoms with Crippen LogP contribution in [0.1, 0.15) is 57.4 Å². The van der Waals surface area contributed by atoms with E-state index in [-0.39, 0.29) is 42.8 Å². The third kappa shape index (κ3) is 6.56. The number of carbonyl (C=O) groups excluding carboxylic acids is 2. The SMILES string of the molecule is COCC1=C2[C@@H](CC/C(C)=C/c3ccc(O)c4ccccc34)OB(O)C[C@@H]2[C@@H]2C(=O)N(CCCCCC(=O)O)C(=O)[C@@H]2C1. The fraction of sp³-hybridized carbons (Fsp3) is 0.485. The van der Waals surface area contributed by atoms with Crippen molar-refractivity contribution in [3.63, 3.8) is 0 Å². The Bertz CT molecular complexity index is 1450. The summed E-state index contributed by atoms with van der Waals surface area (Å²) in [4.78, 5) is 39.3. The number of carbonyl (C=O) groups is 3. The van der Waals surface area contributed by atoms with Crippen molar-refractivity contribution >= 4 is 41.8 Å². The second kappa shape index (κ2) is 13.4. The number of aromatic hydroxyl groups is 1. The molecule has 0 aromatic heterocycles. The summed E-state index contributed by atoms with van der Waals surface area (Å²) >= 11 is 0. The number of methoxy groups -OCH3 is 1. The highest BCUT2D eigenvalue weighted by molar-refractivity contribution is 6.43. The number of fused-ring (bicyclic) bond motifs is 4. The van der Waals surface area contributed by atoms with Crippen molar-refractivity contribution in [2.24, 2.45) is 17.8 Å². The van der Waals surface area contributed by atoms with Crippen LogP contribution in [0.15, 0.2) is 53.1 Å². The van der Waals surface area contributed by atoms with Crippen molar-refractivity contribution in [3.8, 4) is 5.75 Å². The predicted molar refractivity (Wildman–Crippen MR) is 163 cm³/mol. The number of nitrogens with zero attached hydrogens (tertiary/aromatic N) is 1. The summed E-state index contributed by atoms with van der Waals surface area (Å²) in [5, 5.41) is 31.7. The first-order valence-corrected chi connectivity index (χ1v) is 15.2. The maximum absolute atomic E-state index is 13.7. The molecule has 5 rings (SSSR count). The van der Waals surface area contributed by atoms with Crippen LogP contribution in [0.2, 0.25) is 6.32 Å². The monoisotopic (exact) mass is 589 g/mol. The number of carboxylic acids is 1. The molecule has 0 unspecified atom stereocenters. The third-order valence-electron chi connectivity index (χ3n) is 9.13. The van der Waals surface area contributed by atoms with Crippen LogP contribution in [0, 0.1) is 17.8 Å². The summed E-state index contributed by atoms with van der Waals surface area (Å²) in [6, 6.07) is 11.3. The number of likely N-dealkylation sites (tertiary alicyclic amines) is 1. The largest absolute Gasteiger partial charge is 0.507 e. The Morgan fingerprint density at radius 1 is 1.07 bits per heavy atom. The van der Waals surface area contributed by atoms with Gasteiger partial charge in [-0.3, -0.25) is 19.3 Å². The van der Waals surface area contributed by atoms with E-state index in [1.165, 1.54) is 4.90 Å². The summed E-state index contributed by atoms with van der Waals surface area (Å²) < 4.78 is 11.6. The number of hydrogen-bond acceptors (Lipinski definition) is 7. The van der Waals surface area contributed by atoms with E-state index in [2.05, 4.69) is 6.08 Å². The van der Waals surface area contributed by atoms with E-state index < -0.39 is 31.0 Å². The first kappa shape index (κ1) is 31.0. The summed E-state index contributed by atoms with van der Waals surface area (Å²) in [5.41, 5.74) is 4.08. The normalized spacial score (nSPS) is 24.1. The van der Waals surface area contributed by atoms with Crippen LogP contribution in [0.5, 0.6) is 5.75 Å². The minimum absolute atomic E-state index is 0.0718. The molecule has 3 aliphatic rings. The van der Waals surface area contributed by atoms with Crippen LogP contribution in [0.4, 0.5) is 0 Å². The van der Waals surface area contributed by atoms with Crippen LogP contribution < -0.4 is 0 Å². The van der Waals surface area contributed by atoms with E-state index in [0.29, 0.717) is 45.1 Å². The number of unbranched alkanes of at least 4 members (excludes halogenated alkanes) is 2. The third-order valence-corrected chi connectivity index (χ3v) is 9.13. The van der Waals surface area contributed by atoms with Gasteiger partial charge in [-0.2, -0.15) is 0 Å². The molecule has 2 fully saturated rings. The average Bonchev–Trinajstić information content (AvgIpc) is 3.21. The fourth-order valence-corrected chi connectivity index (χ4v) is 7.21. The molecule has 2 saturated heterocycles. The summed E-state index contributed by atoms with van der Waals surface area (Å²) in [7, 11) is 0.571. The number of allylic oxidation sites excluding steroid dienone is 1. The number of hydrogen-bond donors (Lipinski definition) is 3. The quantitative estimate of drug-likeness (QED) is 0.139. The maximum Gasteiger partial charge on any atom is 0.455 e. The summed E-state index contributed by atoms with van der Waals surface area (Å²) in [5.74, 6) is -2.32. The number of phenols is 1. The van der Waals surface area contributed by atoms with Crippen molar-refractivity contribution in [1.82, 2.24) is 4.90 Å². The van der Waals surface area contributed by atoms with Gasteiger partial charge >= 0.3 is 13.1 Å². The molecule has 0 spiro atoms. The van der Waals surface area contributed by atoms with Crippen molar-refractivity contribution in [3.05, 3.63) is 58.7 Å². The van der Waals surface area contributed by atoms with Gasteiger partial charge in [0.2, 0.25) is 11.8 Å². The first-order valence-electron chi connectivity index (χ1n) is 15.2. The van der Waals surface area contributed by atoms with E-state index in [4.69, 9.17) is 14.5 Å². The van der Waals surface area contributed by atoms with E-state index in [1.54, 1.807) is 13.2 Å². The zero-order chi connectivity index (χ0) is 30.7. The lowest BCUT2D eigenvalue weighted by atomic mass is 9.58. The number of aliphatic carboxylic acids is 1.